The monoisotopic (exact) mass is 247 g/mol. The van der Waals surface area contributed by atoms with Gasteiger partial charge in [-0.1, -0.05) is 0 Å². The lowest BCUT2D eigenvalue weighted by Gasteiger charge is -2.22. The molecule has 18 heavy (non-hydrogen) atoms. The van der Waals surface area contributed by atoms with Crippen LogP contribution >= 0.6 is 0 Å². The van der Waals surface area contributed by atoms with Crippen molar-refractivity contribution in [2.75, 3.05) is 7.05 Å². The molecule has 2 N–H and O–H groups in total. The first-order valence-corrected chi connectivity index (χ1v) is 5.43. The van der Waals surface area contributed by atoms with Gasteiger partial charge in [-0.25, -0.2) is 0 Å². The summed E-state index contributed by atoms with van der Waals surface area (Å²) in [4.78, 5) is 14.3. The number of fused-ring (bicyclic) bond motifs is 1. The van der Waals surface area contributed by atoms with Crippen molar-refractivity contribution < 1.29 is 9.66 Å². The predicted molar refractivity (Wildman–Crippen MR) is 68.7 cm³/mol. The second-order valence-electron chi connectivity index (χ2n) is 3.95. The van der Waals surface area contributed by atoms with Crippen LogP contribution in [-0.4, -0.2) is 23.9 Å². The number of ether oxygens (including phenoxy) is 1. The smallest absolute Gasteiger partial charge is 0.270 e. The van der Waals surface area contributed by atoms with Crippen LogP contribution in [0.2, 0.25) is 0 Å². The molecule has 0 amide bonds. The number of aliphatic imine (C=N–C) groups is 1. The molecule has 0 saturated carbocycles. The van der Waals surface area contributed by atoms with Crippen molar-refractivity contribution >= 4 is 17.1 Å². The van der Waals surface area contributed by atoms with E-state index in [1.54, 1.807) is 19.2 Å². The molecule has 0 fully saturated rings. The third kappa shape index (κ3) is 2.04. The van der Waals surface area contributed by atoms with E-state index in [1.165, 1.54) is 12.1 Å². The SMILES string of the molecule is CN=C(N)C1=CC(C)Oc2ccc([N+](=O)[O-])cc21. The van der Waals surface area contributed by atoms with Gasteiger partial charge in [0.1, 0.15) is 17.7 Å². The zero-order valence-corrected chi connectivity index (χ0v) is 10.1. The largest absolute Gasteiger partial charge is 0.486 e. The molecule has 6 nitrogen and oxygen atoms in total. The molecule has 0 bridgehead atoms. The summed E-state index contributed by atoms with van der Waals surface area (Å²) in [6.45, 7) is 1.87. The highest BCUT2D eigenvalue weighted by atomic mass is 16.6. The molecular weight excluding hydrogens is 234 g/mol. The highest BCUT2D eigenvalue weighted by Crippen LogP contribution is 2.34. The van der Waals surface area contributed by atoms with Crippen molar-refractivity contribution in [3.63, 3.8) is 0 Å². The minimum Gasteiger partial charge on any atom is -0.486 e. The molecule has 1 atom stereocenters. The maximum absolute atomic E-state index is 10.8. The summed E-state index contributed by atoms with van der Waals surface area (Å²) in [7, 11) is 1.58. The van der Waals surface area contributed by atoms with Gasteiger partial charge in [0.05, 0.1) is 4.92 Å². The van der Waals surface area contributed by atoms with Crippen molar-refractivity contribution in [2.45, 2.75) is 13.0 Å². The van der Waals surface area contributed by atoms with Crippen molar-refractivity contribution in [1.29, 1.82) is 0 Å². The quantitative estimate of drug-likeness (QED) is 0.373. The summed E-state index contributed by atoms with van der Waals surface area (Å²) in [5, 5.41) is 10.8. The number of nitro benzene ring substituents is 1. The molecule has 0 radical (unpaired) electrons. The fourth-order valence-electron chi connectivity index (χ4n) is 1.85. The van der Waals surface area contributed by atoms with Gasteiger partial charge in [-0.15, -0.1) is 0 Å². The Balaban J connectivity index is 2.59. The molecule has 1 aromatic rings. The third-order valence-electron chi connectivity index (χ3n) is 2.70. The van der Waals surface area contributed by atoms with Crippen LogP contribution in [0.15, 0.2) is 29.3 Å². The number of rotatable bonds is 2. The van der Waals surface area contributed by atoms with E-state index in [-0.39, 0.29) is 11.8 Å². The lowest BCUT2D eigenvalue weighted by Crippen LogP contribution is -2.22. The highest BCUT2D eigenvalue weighted by Gasteiger charge is 2.22. The number of hydrogen-bond acceptors (Lipinski definition) is 4. The summed E-state index contributed by atoms with van der Waals surface area (Å²) in [5.41, 5.74) is 7.09. The number of nitrogens with two attached hydrogens (primary N) is 1. The molecule has 1 aromatic carbocycles. The third-order valence-corrected chi connectivity index (χ3v) is 2.70. The van der Waals surface area contributed by atoms with Gasteiger partial charge < -0.3 is 10.5 Å². The minimum atomic E-state index is -0.449. The van der Waals surface area contributed by atoms with Crippen LogP contribution < -0.4 is 10.5 Å². The van der Waals surface area contributed by atoms with E-state index in [4.69, 9.17) is 10.5 Å². The summed E-state index contributed by atoms with van der Waals surface area (Å²) in [6.07, 6.45) is 1.66. The number of nitro groups is 1. The Hall–Kier alpha value is -2.37. The molecule has 94 valence electrons. The Morgan fingerprint density at radius 2 is 2.28 bits per heavy atom. The summed E-state index contributed by atoms with van der Waals surface area (Å²) >= 11 is 0. The topological polar surface area (TPSA) is 90.8 Å². The van der Waals surface area contributed by atoms with Crippen molar-refractivity contribution in [1.82, 2.24) is 0 Å². The fourth-order valence-corrected chi connectivity index (χ4v) is 1.85. The van der Waals surface area contributed by atoms with E-state index >= 15 is 0 Å². The average Bonchev–Trinajstić information content (AvgIpc) is 2.36. The molecule has 0 aliphatic carbocycles. The summed E-state index contributed by atoms with van der Waals surface area (Å²) in [6, 6.07) is 4.44. The summed E-state index contributed by atoms with van der Waals surface area (Å²) < 4.78 is 5.58. The van der Waals surface area contributed by atoms with Gasteiger partial charge in [-0.3, -0.25) is 15.1 Å². The molecule has 1 aliphatic rings. The van der Waals surface area contributed by atoms with Crippen LogP contribution in [0.3, 0.4) is 0 Å². The van der Waals surface area contributed by atoms with Gasteiger partial charge in [0.2, 0.25) is 0 Å². The first-order valence-electron chi connectivity index (χ1n) is 5.43. The molecule has 2 rings (SSSR count). The average molecular weight is 247 g/mol. The molecule has 1 heterocycles. The lowest BCUT2D eigenvalue weighted by atomic mass is 9.99. The highest BCUT2D eigenvalue weighted by molar-refractivity contribution is 6.23. The molecule has 6 heteroatoms. The first kappa shape index (κ1) is 12.1. The van der Waals surface area contributed by atoms with Gasteiger partial charge in [0, 0.05) is 30.3 Å². The Bertz CT molecular complexity index is 564. The van der Waals surface area contributed by atoms with E-state index < -0.39 is 4.92 Å². The molecule has 1 aliphatic heterocycles. The first-order chi connectivity index (χ1) is 8.52. The van der Waals surface area contributed by atoms with Crippen LogP contribution in [0, 0.1) is 10.1 Å². The van der Waals surface area contributed by atoms with Crippen LogP contribution in [-0.2, 0) is 0 Å². The summed E-state index contributed by atoms with van der Waals surface area (Å²) in [5.74, 6) is 0.920. The maximum atomic E-state index is 10.8. The molecule has 0 spiro atoms. The molecular formula is C12H13N3O3. The molecule has 0 aromatic heterocycles. The zero-order chi connectivity index (χ0) is 13.3. The normalized spacial score (nSPS) is 18.7. The van der Waals surface area contributed by atoms with Crippen LogP contribution in [0.25, 0.3) is 5.57 Å². The Morgan fingerprint density at radius 3 is 2.89 bits per heavy atom. The van der Waals surface area contributed by atoms with E-state index in [1.807, 2.05) is 6.92 Å². The number of benzene rings is 1. The second-order valence-corrected chi connectivity index (χ2v) is 3.95. The van der Waals surface area contributed by atoms with Crippen molar-refractivity contribution in [2.24, 2.45) is 10.7 Å². The van der Waals surface area contributed by atoms with E-state index in [0.717, 1.165) is 0 Å². The Kier molecular flexibility index (Phi) is 3.01. The molecule has 0 saturated heterocycles. The number of amidine groups is 1. The van der Waals surface area contributed by atoms with Gasteiger partial charge in [-0.05, 0) is 19.1 Å². The van der Waals surface area contributed by atoms with E-state index in [9.17, 15) is 10.1 Å². The Labute approximate surface area is 104 Å². The van der Waals surface area contributed by atoms with E-state index in [2.05, 4.69) is 4.99 Å². The van der Waals surface area contributed by atoms with Gasteiger partial charge >= 0.3 is 0 Å². The van der Waals surface area contributed by atoms with Crippen LogP contribution in [0.1, 0.15) is 12.5 Å². The van der Waals surface area contributed by atoms with Crippen molar-refractivity contribution in [3.8, 4) is 5.75 Å². The predicted octanol–water partition coefficient (Wildman–Crippen LogP) is 1.75. The second kappa shape index (κ2) is 4.48. The van der Waals surface area contributed by atoms with E-state index in [0.29, 0.717) is 22.7 Å². The van der Waals surface area contributed by atoms with Gasteiger partial charge in [0.15, 0.2) is 0 Å². The number of nitrogens with zero attached hydrogens (tertiary/aromatic N) is 2. The number of hydrogen-bond donors (Lipinski definition) is 1. The van der Waals surface area contributed by atoms with Gasteiger partial charge in [-0.2, -0.15) is 0 Å². The lowest BCUT2D eigenvalue weighted by molar-refractivity contribution is -0.384. The Morgan fingerprint density at radius 1 is 1.56 bits per heavy atom. The fraction of sp³-hybridized carbons (Fsp3) is 0.250. The standard InChI is InChI=1S/C12H13N3O3/c1-7-5-10(12(13)14-2)9-6-8(15(16)17)3-4-11(9)18-7/h3-7H,1-2H3,(H2,13,14). The minimum absolute atomic E-state index is 0.00158. The van der Waals surface area contributed by atoms with Crippen LogP contribution in [0.5, 0.6) is 5.75 Å². The zero-order valence-electron chi connectivity index (χ0n) is 10.1. The molecule has 1 unspecified atom stereocenters. The maximum Gasteiger partial charge on any atom is 0.270 e. The number of non-ortho nitro benzene ring substituents is 1. The van der Waals surface area contributed by atoms with Gasteiger partial charge in [0.25, 0.3) is 5.69 Å². The van der Waals surface area contributed by atoms with Crippen LogP contribution in [0.4, 0.5) is 5.69 Å². The van der Waals surface area contributed by atoms with Crippen molar-refractivity contribution in [3.05, 3.63) is 40.0 Å².